The van der Waals surface area contributed by atoms with Crippen molar-refractivity contribution in [1.29, 1.82) is 0 Å². The molecule has 0 aromatic heterocycles. The molecule has 0 saturated carbocycles. The van der Waals surface area contributed by atoms with Crippen LogP contribution in [0.3, 0.4) is 0 Å². The van der Waals surface area contributed by atoms with Crippen molar-refractivity contribution in [2.75, 3.05) is 0 Å². The van der Waals surface area contributed by atoms with Crippen LogP contribution in [0, 0.1) is 13.8 Å². The first kappa shape index (κ1) is 13.2. The summed E-state index contributed by atoms with van der Waals surface area (Å²) in [6.45, 7) is 4.25. The number of hydrogen-bond donors (Lipinski definition) is 3. The summed E-state index contributed by atoms with van der Waals surface area (Å²) in [4.78, 5) is 21.8. The number of benzene rings is 1. The number of carbonyl (C=O) groups excluding carboxylic acids is 1. The molecule has 1 aromatic rings. The summed E-state index contributed by atoms with van der Waals surface area (Å²) >= 11 is 0. The average molecular weight is 236 g/mol. The summed E-state index contributed by atoms with van der Waals surface area (Å²) in [6.07, 6.45) is 0. The largest absolute Gasteiger partial charge is 0.480 e. The Bertz CT molecular complexity index is 443. The number of aryl methyl sites for hydroxylation is 2. The number of amides is 1. The molecule has 0 bridgehead atoms. The molecule has 5 heteroatoms. The Hall–Kier alpha value is -1.88. The quantitative estimate of drug-likeness (QED) is 0.657. The van der Waals surface area contributed by atoms with Crippen LogP contribution in [0.2, 0.25) is 0 Å². The van der Waals surface area contributed by atoms with Crippen molar-refractivity contribution >= 4 is 11.9 Å². The van der Waals surface area contributed by atoms with Gasteiger partial charge in [0, 0.05) is 6.54 Å². The first-order chi connectivity index (χ1) is 7.91. The van der Waals surface area contributed by atoms with Crippen molar-refractivity contribution in [1.82, 2.24) is 5.32 Å². The first-order valence-corrected chi connectivity index (χ1v) is 5.24. The van der Waals surface area contributed by atoms with E-state index in [4.69, 9.17) is 10.8 Å². The summed E-state index contributed by atoms with van der Waals surface area (Å²) in [5.74, 6) is -2.02. The minimum absolute atomic E-state index is 0.279. The molecule has 0 aliphatic heterocycles. The number of nitrogens with one attached hydrogen (secondary N) is 1. The minimum Gasteiger partial charge on any atom is -0.480 e. The predicted octanol–water partition coefficient (Wildman–Crippen LogP) is 0.332. The molecular weight excluding hydrogens is 220 g/mol. The lowest BCUT2D eigenvalue weighted by Gasteiger charge is -2.09. The highest BCUT2D eigenvalue weighted by atomic mass is 16.4. The third-order valence-corrected chi connectivity index (χ3v) is 2.59. The molecule has 17 heavy (non-hydrogen) atoms. The highest BCUT2D eigenvalue weighted by Gasteiger charge is 2.20. The van der Waals surface area contributed by atoms with Crippen molar-refractivity contribution in [2.24, 2.45) is 5.73 Å². The highest BCUT2D eigenvalue weighted by molar-refractivity contribution is 6.00. The van der Waals surface area contributed by atoms with Gasteiger partial charge in [0.2, 0.25) is 5.91 Å². The second kappa shape index (κ2) is 5.45. The standard InChI is InChI=1S/C12H16N2O3/c1-7-3-4-9(5-8(7)2)6-14-11(15)10(13)12(16)17/h3-5,10H,6,13H2,1-2H3,(H,14,15)(H,16,17). The van der Waals surface area contributed by atoms with Crippen LogP contribution >= 0.6 is 0 Å². The number of carboxylic acids is 1. The highest BCUT2D eigenvalue weighted by Crippen LogP contribution is 2.09. The maximum Gasteiger partial charge on any atom is 0.330 e. The molecule has 0 fully saturated rings. The fraction of sp³-hybridized carbons (Fsp3) is 0.333. The van der Waals surface area contributed by atoms with Gasteiger partial charge in [0.15, 0.2) is 6.04 Å². The Morgan fingerprint density at radius 3 is 2.53 bits per heavy atom. The van der Waals surface area contributed by atoms with Gasteiger partial charge in [-0.25, -0.2) is 4.79 Å². The van der Waals surface area contributed by atoms with Gasteiger partial charge in [0.25, 0.3) is 0 Å². The number of carbonyl (C=O) groups is 2. The van der Waals surface area contributed by atoms with Crippen molar-refractivity contribution in [2.45, 2.75) is 26.4 Å². The second-order valence-electron chi connectivity index (χ2n) is 3.95. The third-order valence-electron chi connectivity index (χ3n) is 2.59. The molecule has 0 heterocycles. The van der Waals surface area contributed by atoms with Gasteiger partial charge in [0.05, 0.1) is 0 Å². The predicted molar refractivity (Wildman–Crippen MR) is 63.4 cm³/mol. The lowest BCUT2D eigenvalue weighted by atomic mass is 10.1. The van der Waals surface area contributed by atoms with Crippen LogP contribution in [0.5, 0.6) is 0 Å². The summed E-state index contributed by atoms with van der Waals surface area (Å²) in [6, 6.07) is 4.27. The molecule has 0 spiro atoms. The first-order valence-electron chi connectivity index (χ1n) is 5.24. The fourth-order valence-electron chi connectivity index (χ4n) is 1.32. The number of rotatable bonds is 4. The molecule has 0 aliphatic carbocycles. The van der Waals surface area contributed by atoms with E-state index in [2.05, 4.69) is 5.32 Å². The Labute approximate surface area is 99.6 Å². The number of aliphatic carboxylic acids is 1. The molecule has 1 unspecified atom stereocenters. The van der Waals surface area contributed by atoms with Crippen LogP contribution in [-0.4, -0.2) is 23.0 Å². The van der Waals surface area contributed by atoms with E-state index >= 15 is 0 Å². The SMILES string of the molecule is Cc1ccc(CNC(=O)C(N)C(=O)O)cc1C. The Morgan fingerprint density at radius 1 is 1.35 bits per heavy atom. The lowest BCUT2D eigenvalue weighted by molar-refractivity contribution is -0.142. The Kier molecular flexibility index (Phi) is 4.23. The fourth-order valence-corrected chi connectivity index (χ4v) is 1.32. The molecule has 0 radical (unpaired) electrons. The van der Waals surface area contributed by atoms with Crippen LogP contribution in [0.1, 0.15) is 16.7 Å². The molecule has 4 N–H and O–H groups in total. The Balaban J connectivity index is 2.59. The number of carboxylic acid groups (broad SMARTS) is 1. The summed E-state index contributed by atoms with van der Waals surface area (Å²) in [5, 5.41) is 11.0. The van der Waals surface area contributed by atoms with Crippen LogP contribution in [-0.2, 0) is 16.1 Å². The van der Waals surface area contributed by atoms with Crippen molar-refractivity contribution in [3.05, 3.63) is 34.9 Å². The summed E-state index contributed by atoms with van der Waals surface area (Å²) in [5.41, 5.74) is 8.38. The van der Waals surface area contributed by atoms with E-state index in [1.54, 1.807) is 0 Å². The zero-order valence-corrected chi connectivity index (χ0v) is 9.86. The van der Waals surface area contributed by atoms with Gasteiger partial charge in [-0.15, -0.1) is 0 Å². The molecular formula is C12H16N2O3. The normalized spacial score (nSPS) is 11.9. The van der Waals surface area contributed by atoms with E-state index in [9.17, 15) is 9.59 Å². The summed E-state index contributed by atoms with van der Waals surface area (Å²) < 4.78 is 0. The number of hydrogen-bond acceptors (Lipinski definition) is 3. The van der Waals surface area contributed by atoms with Crippen molar-refractivity contribution in [3.8, 4) is 0 Å². The van der Waals surface area contributed by atoms with E-state index in [1.165, 1.54) is 5.56 Å². The van der Waals surface area contributed by atoms with Gasteiger partial charge in [0.1, 0.15) is 0 Å². The molecule has 1 aromatic carbocycles. The molecule has 92 valence electrons. The van der Waals surface area contributed by atoms with E-state index in [0.29, 0.717) is 0 Å². The van der Waals surface area contributed by atoms with Crippen LogP contribution in [0.15, 0.2) is 18.2 Å². The third kappa shape index (κ3) is 3.57. The van der Waals surface area contributed by atoms with E-state index in [-0.39, 0.29) is 6.54 Å². The number of nitrogens with two attached hydrogens (primary N) is 1. The Morgan fingerprint density at radius 2 is 2.00 bits per heavy atom. The smallest absolute Gasteiger partial charge is 0.330 e. The van der Waals surface area contributed by atoms with Crippen LogP contribution in [0.25, 0.3) is 0 Å². The van der Waals surface area contributed by atoms with Crippen molar-refractivity contribution in [3.63, 3.8) is 0 Å². The molecule has 0 saturated heterocycles. The van der Waals surface area contributed by atoms with Crippen LogP contribution < -0.4 is 11.1 Å². The van der Waals surface area contributed by atoms with Gasteiger partial charge in [-0.3, -0.25) is 4.79 Å². The maximum absolute atomic E-state index is 11.3. The summed E-state index contributed by atoms with van der Waals surface area (Å²) in [7, 11) is 0. The van der Waals surface area contributed by atoms with Crippen molar-refractivity contribution < 1.29 is 14.7 Å². The van der Waals surface area contributed by atoms with Crippen LogP contribution in [0.4, 0.5) is 0 Å². The monoisotopic (exact) mass is 236 g/mol. The van der Waals surface area contributed by atoms with Gasteiger partial charge >= 0.3 is 5.97 Å². The maximum atomic E-state index is 11.3. The lowest BCUT2D eigenvalue weighted by Crippen LogP contribution is -2.45. The molecule has 1 amide bonds. The minimum atomic E-state index is -1.51. The zero-order chi connectivity index (χ0) is 13.0. The second-order valence-corrected chi connectivity index (χ2v) is 3.95. The molecule has 5 nitrogen and oxygen atoms in total. The van der Waals surface area contributed by atoms with Gasteiger partial charge < -0.3 is 16.2 Å². The van der Waals surface area contributed by atoms with Gasteiger partial charge in [-0.2, -0.15) is 0 Å². The molecule has 1 rings (SSSR count). The van der Waals surface area contributed by atoms with E-state index < -0.39 is 17.9 Å². The van der Waals surface area contributed by atoms with Gasteiger partial charge in [-0.05, 0) is 30.5 Å². The zero-order valence-electron chi connectivity index (χ0n) is 9.86. The molecule has 1 atom stereocenters. The molecule has 0 aliphatic rings. The topological polar surface area (TPSA) is 92.4 Å². The van der Waals surface area contributed by atoms with E-state index in [1.807, 2.05) is 32.0 Å². The van der Waals surface area contributed by atoms with Gasteiger partial charge in [-0.1, -0.05) is 18.2 Å². The van der Waals surface area contributed by atoms with E-state index in [0.717, 1.165) is 11.1 Å². The average Bonchev–Trinajstić information content (AvgIpc) is 2.29.